The van der Waals surface area contributed by atoms with Crippen LogP contribution in [0.2, 0.25) is 0 Å². The number of benzene rings is 3. The van der Waals surface area contributed by atoms with Crippen LogP contribution < -0.4 is 5.32 Å². The lowest BCUT2D eigenvalue weighted by Crippen LogP contribution is -2.47. The average molecular weight is 440 g/mol. The Morgan fingerprint density at radius 1 is 0.909 bits per heavy atom. The lowest BCUT2D eigenvalue weighted by atomic mass is 9.84. The molecule has 0 spiro atoms. The SMILES string of the molecule is CCCCCN1N=C(C(=O)NC(C)(c2ccccc2)c2ccccc2)CC1c1ccccc1. The van der Waals surface area contributed by atoms with Crippen LogP contribution >= 0.6 is 0 Å². The van der Waals surface area contributed by atoms with Gasteiger partial charge in [-0.15, -0.1) is 0 Å². The van der Waals surface area contributed by atoms with E-state index in [2.05, 4.69) is 72.7 Å². The van der Waals surface area contributed by atoms with Gasteiger partial charge in [0.15, 0.2) is 0 Å². The van der Waals surface area contributed by atoms with E-state index in [0.717, 1.165) is 36.9 Å². The molecule has 1 N–H and O–H groups in total. The molecule has 1 aliphatic heterocycles. The molecule has 0 saturated heterocycles. The van der Waals surface area contributed by atoms with E-state index in [-0.39, 0.29) is 11.9 Å². The van der Waals surface area contributed by atoms with Gasteiger partial charge in [-0.05, 0) is 30.0 Å². The van der Waals surface area contributed by atoms with Gasteiger partial charge in [0, 0.05) is 13.0 Å². The molecule has 4 heteroatoms. The first-order chi connectivity index (χ1) is 16.1. The average Bonchev–Trinajstić information content (AvgIpc) is 3.30. The molecule has 4 nitrogen and oxygen atoms in total. The molecule has 33 heavy (non-hydrogen) atoms. The number of nitrogens with one attached hydrogen (secondary N) is 1. The molecule has 1 atom stereocenters. The van der Waals surface area contributed by atoms with Crippen molar-refractivity contribution in [2.45, 2.75) is 51.1 Å². The van der Waals surface area contributed by atoms with Crippen LogP contribution in [0.4, 0.5) is 0 Å². The Hall–Kier alpha value is -3.40. The summed E-state index contributed by atoms with van der Waals surface area (Å²) in [5, 5.41) is 10.3. The number of rotatable bonds is 9. The van der Waals surface area contributed by atoms with Gasteiger partial charge in [0.25, 0.3) is 5.91 Å². The third kappa shape index (κ3) is 5.16. The molecular formula is C29H33N3O. The summed E-state index contributed by atoms with van der Waals surface area (Å²) < 4.78 is 0. The maximum Gasteiger partial charge on any atom is 0.268 e. The Balaban J connectivity index is 1.60. The van der Waals surface area contributed by atoms with Gasteiger partial charge in [-0.1, -0.05) is 111 Å². The van der Waals surface area contributed by atoms with Crippen LogP contribution in [-0.2, 0) is 10.3 Å². The van der Waals surface area contributed by atoms with E-state index >= 15 is 0 Å². The second-order valence-electron chi connectivity index (χ2n) is 8.86. The zero-order valence-electron chi connectivity index (χ0n) is 19.6. The summed E-state index contributed by atoms with van der Waals surface area (Å²) in [6.07, 6.45) is 4.01. The zero-order chi connectivity index (χ0) is 23.1. The standard InChI is InChI=1S/C29H33N3O/c1-3-4-14-21-32-27(23-15-8-5-9-16-23)22-26(31-32)28(33)30-29(2,24-17-10-6-11-18-24)25-19-12-7-13-20-25/h5-13,15-20,27H,3-4,14,21-22H2,1-2H3,(H,30,33). The summed E-state index contributed by atoms with van der Waals surface area (Å²) in [6, 6.07) is 30.8. The molecule has 170 valence electrons. The number of amides is 1. The van der Waals surface area contributed by atoms with Crippen molar-refractivity contribution in [1.82, 2.24) is 10.3 Å². The number of hydrogen-bond donors (Lipinski definition) is 1. The van der Waals surface area contributed by atoms with Crippen LogP contribution in [0.1, 0.15) is 62.3 Å². The largest absolute Gasteiger partial charge is 0.338 e. The Bertz CT molecular complexity index is 1020. The van der Waals surface area contributed by atoms with Crippen LogP contribution in [0.5, 0.6) is 0 Å². The lowest BCUT2D eigenvalue weighted by molar-refractivity contribution is -0.116. The van der Waals surface area contributed by atoms with Gasteiger partial charge in [0.05, 0.1) is 11.6 Å². The van der Waals surface area contributed by atoms with Crippen LogP contribution in [-0.4, -0.2) is 23.2 Å². The first-order valence-corrected chi connectivity index (χ1v) is 11.9. The molecular weight excluding hydrogens is 406 g/mol. The van der Waals surface area contributed by atoms with Crippen molar-refractivity contribution in [2.24, 2.45) is 5.10 Å². The number of unbranched alkanes of at least 4 members (excludes halogenated alkanes) is 2. The van der Waals surface area contributed by atoms with Crippen molar-refractivity contribution >= 4 is 11.6 Å². The summed E-state index contributed by atoms with van der Waals surface area (Å²) in [4.78, 5) is 13.6. The fraction of sp³-hybridized carbons (Fsp3) is 0.310. The van der Waals surface area contributed by atoms with Crippen molar-refractivity contribution < 1.29 is 4.79 Å². The van der Waals surface area contributed by atoms with E-state index < -0.39 is 5.54 Å². The van der Waals surface area contributed by atoms with Crippen molar-refractivity contribution in [3.8, 4) is 0 Å². The molecule has 4 rings (SSSR count). The summed E-state index contributed by atoms with van der Waals surface area (Å²) in [6.45, 7) is 5.13. The van der Waals surface area contributed by atoms with Gasteiger partial charge in [-0.3, -0.25) is 9.80 Å². The van der Waals surface area contributed by atoms with Gasteiger partial charge in [0.1, 0.15) is 5.71 Å². The zero-order valence-corrected chi connectivity index (χ0v) is 19.6. The van der Waals surface area contributed by atoms with Crippen LogP contribution in [0.3, 0.4) is 0 Å². The minimum absolute atomic E-state index is 0.100. The topological polar surface area (TPSA) is 44.7 Å². The molecule has 0 fully saturated rings. The lowest BCUT2D eigenvalue weighted by Gasteiger charge is -2.32. The van der Waals surface area contributed by atoms with Gasteiger partial charge in [-0.2, -0.15) is 5.10 Å². The fourth-order valence-corrected chi connectivity index (χ4v) is 4.54. The summed E-state index contributed by atoms with van der Waals surface area (Å²) in [5.74, 6) is -0.107. The van der Waals surface area contributed by atoms with Crippen LogP contribution in [0.25, 0.3) is 0 Å². The second-order valence-corrected chi connectivity index (χ2v) is 8.86. The van der Waals surface area contributed by atoms with Crippen LogP contribution in [0.15, 0.2) is 96.1 Å². The highest BCUT2D eigenvalue weighted by atomic mass is 16.2. The number of hydrogen-bond acceptors (Lipinski definition) is 3. The monoisotopic (exact) mass is 439 g/mol. The third-order valence-electron chi connectivity index (χ3n) is 6.50. The molecule has 1 unspecified atom stereocenters. The number of nitrogens with zero attached hydrogens (tertiary/aromatic N) is 2. The van der Waals surface area contributed by atoms with Gasteiger partial charge < -0.3 is 5.32 Å². The molecule has 0 radical (unpaired) electrons. The molecule has 3 aromatic carbocycles. The Morgan fingerprint density at radius 3 is 2.00 bits per heavy atom. The molecule has 0 aliphatic carbocycles. The first kappa shape index (κ1) is 22.8. The predicted molar refractivity (Wildman–Crippen MR) is 135 cm³/mol. The van der Waals surface area contributed by atoms with Crippen molar-refractivity contribution in [3.05, 3.63) is 108 Å². The molecule has 0 aromatic heterocycles. The van der Waals surface area contributed by atoms with E-state index in [9.17, 15) is 4.79 Å². The van der Waals surface area contributed by atoms with Gasteiger partial charge in [0.2, 0.25) is 0 Å². The minimum Gasteiger partial charge on any atom is -0.338 e. The summed E-state index contributed by atoms with van der Waals surface area (Å²) in [7, 11) is 0. The van der Waals surface area contributed by atoms with E-state index in [0.29, 0.717) is 12.1 Å². The molecule has 1 heterocycles. The molecule has 0 bridgehead atoms. The Kier molecular flexibility index (Phi) is 7.23. The second kappa shape index (κ2) is 10.5. The predicted octanol–water partition coefficient (Wildman–Crippen LogP) is 6.06. The van der Waals surface area contributed by atoms with Crippen molar-refractivity contribution in [3.63, 3.8) is 0 Å². The highest BCUT2D eigenvalue weighted by Gasteiger charge is 2.36. The van der Waals surface area contributed by atoms with Gasteiger partial charge >= 0.3 is 0 Å². The first-order valence-electron chi connectivity index (χ1n) is 11.9. The number of carbonyl (C=O) groups excluding carboxylic acids is 1. The van der Waals surface area contributed by atoms with Gasteiger partial charge in [-0.25, -0.2) is 0 Å². The minimum atomic E-state index is -0.653. The normalized spacial score (nSPS) is 15.9. The molecule has 1 aliphatic rings. The van der Waals surface area contributed by atoms with E-state index in [1.807, 2.05) is 42.5 Å². The highest BCUT2D eigenvalue weighted by Crippen LogP contribution is 2.33. The van der Waals surface area contributed by atoms with E-state index in [1.165, 1.54) is 5.56 Å². The maximum absolute atomic E-state index is 13.6. The third-order valence-corrected chi connectivity index (χ3v) is 6.50. The Morgan fingerprint density at radius 2 is 1.45 bits per heavy atom. The number of hydrazone groups is 1. The van der Waals surface area contributed by atoms with Crippen molar-refractivity contribution in [1.29, 1.82) is 0 Å². The Labute approximate surface area is 197 Å². The maximum atomic E-state index is 13.6. The van der Waals surface area contributed by atoms with Crippen molar-refractivity contribution in [2.75, 3.05) is 6.54 Å². The molecule has 1 amide bonds. The quantitative estimate of drug-likeness (QED) is 0.412. The van der Waals surface area contributed by atoms with E-state index in [1.54, 1.807) is 0 Å². The molecule has 0 saturated carbocycles. The van der Waals surface area contributed by atoms with E-state index in [4.69, 9.17) is 5.10 Å². The highest BCUT2D eigenvalue weighted by molar-refractivity contribution is 6.39. The summed E-state index contributed by atoms with van der Waals surface area (Å²) in [5.41, 5.74) is 3.23. The summed E-state index contributed by atoms with van der Waals surface area (Å²) >= 11 is 0. The fourth-order valence-electron chi connectivity index (χ4n) is 4.54. The van der Waals surface area contributed by atoms with Crippen LogP contribution in [0, 0.1) is 0 Å². The number of carbonyl (C=O) groups is 1. The molecule has 3 aromatic rings. The smallest absolute Gasteiger partial charge is 0.268 e.